The first-order valence-corrected chi connectivity index (χ1v) is 12.3. The Kier molecular flexibility index (Phi) is 2.00. The van der Waals surface area contributed by atoms with E-state index in [0.717, 1.165) is 8.97 Å². The number of hydrogen-bond donors (Lipinski definition) is 0. The Morgan fingerprint density at radius 3 is 1.61 bits per heavy atom. The number of hydrogen-bond acceptors (Lipinski definition) is 1. The number of benzene rings is 6. The lowest BCUT2D eigenvalue weighted by molar-refractivity contribution is 1.11. The monoisotopic (exact) mass is 545 g/mol. The maximum Gasteiger partial charge on any atom is 0.220 e. The summed E-state index contributed by atoms with van der Waals surface area (Å²) in [7, 11) is 0. The van der Waals surface area contributed by atoms with Gasteiger partial charge in [-0.05, 0) is 93.2 Å². The zero-order valence-corrected chi connectivity index (χ0v) is 20.8. The van der Waals surface area contributed by atoms with Crippen molar-refractivity contribution in [2.45, 2.75) is 6.92 Å². The Hall–Kier alpha value is -5.41. The lowest BCUT2D eigenvalue weighted by Gasteiger charge is -2.23. The van der Waals surface area contributed by atoms with Crippen LogP contribution in [0.15, 0.2) is 133 Å². The molecule has 9 rings (SSSR count). The van der Waals surface area contributed by atoms with Gasteiger partial charge in [-0.1, -0.05) is 96.7 Å². The summed E-state index contributed by atoms with van der Waals surface area (Å²) in [6.07, 6.45) is 0. The molecule has 0 spiro atoms. The number of imidazole rings is 2. The molecule has 0 bridgehead atoms. The summed E-state index contributed by atoms with van der Waals surface area (Å²) < 4.78 is 200. The maximum absolute atomic E-state index is 10.1. The maximum atomic E-state index is 10.1. The van der Waals surface area contributed by atoms with Gasteiger partial charge >= 0.3 is 0 Å². The van der Waals surface area contributed by atoms with Crippen molar-refractivity contribution in [3.05, 3.63) is 138 Å². The van der Waals surface area contributed by atoms with Gasteiger partial charge < -0.3 is 0 Å². The summed E-state index contributed by atoms with van der Waals surface area (Å²) in [5.41, 5.74) is -7.15. The van der Waals surface area contributed by atoms with Crippen molar-refractivity contribution < 1.29 is 30.2 Å². The van der Waals surface area contributed by atoms with Gasteiger partial charge in [0.05, 0.1) is 52.2 Å². The lowest BCUT2D eigenvalue weighted by Crippen LogP contribution is -2.00. The average Bonchev–Trinajstić information content (AvgIpc) is 3.79. The van der Waals surface area contributed by atoms with Crippen molar-refractivity contribution in [3.8, 4) is 50.2 Å². The fraction of sp³-hybridized carbons (Fsp3) is 0.0263. The molecule has 0 saturated heterocycles. The number of rotatable bonds is 1. The fourth-order valence-electron chi connectivity index (χ4n) is 5.22. The SMILES string of the molecule is [2H]c1c([2H])c([2H])c2c(c1[2H])-c1c([2H])c([2H])c([2H])c([2H])c1-c1c([2H])c([2H])c(-n3c4c([2H])c([2H])c([2H])c([2H])c4n4c5c([2H])c([2H])c(C)c([2H])c5nc34)c([2H])c1-c1c([2H])c([2H])c([2H])c([2H])c1-2. The van der Waals surface area contributed by atoms with E-state index in [-0.39, 0.29) is 28.2 Å². The highest BCUT2D eigenvalue weighted by atomic mass is 15.2. The highest BCUT2D eigenvalue weighted by molar-refractivity contribution is 6.03. The van der Waals surface area contributed by atoms with Gasteiger partial charge in [-0.15, -0.1) is 0 Å². The van der Waals surface area contributed by atoms with Crippen molar-refractivity contribution in [2.24, 2.45) is 0 Å². The first-order chi connectivity index (χ1) is 29.4. The van der Waals surface area contributed by atoms with E-state index < -0.39 is 188 Å². The van der Waals surface area contributed by atoms with Gasteiger partial charge in [0.1, 0.15) is 0 Å². The van der Waals surface area contributed by atoms with Gasteiger partial charge in [0, 0.05) is 5.69 Å². The number of aromatic nitrogens is 3. The average molecular weight is 546 g/mol. The Bertz CT molecular complexity index is 3540. The van der Waals surface area contributed by atoms with Crippen LogP contribution in [0.3, 0.4) is 0 Å². The quantitative estimate of drug-likeness (QED) is 0.201. The smallest absolute Gasteiger partial charge is 0.220 e. The Balaban J connectivity index is 1.64. The minimum atomic E-state index is -0.950. The highest BCUT2D eigenvalue weighted by Gasteiger charge is 2.23. The van der Waals surface area contributed by atoms with E-state index in [1.807, 2.05) is 0 Å². The summed E-state index contributed by atoms with van der Waals surface area (Å²) in [6.45, 7) is 1.40. The topological polar surface area (TPSA) is 22.2 Å². The van der Waals surface area contributed by atoms with Crippen LogP contribution in [0.5, 0.6) is 0 Å². The Labute approximate surface area is 268 Å². The second kappa shape index (κ2) is 8.30. The van der Waals surface area contributed by atoms with Gasteiger partial charge in [0.25, 0.3) is 0 Å². The van der Waals surface area contributed by atoms with E-state index in [4.69, 9.17) is 21.9 Å². The van der Waals surface area contributed by atoms with Crippen molar-refractivity contribution in [2.75, 3.05) is 0 Å². The number of nitrogens with zero attached hydrogens (tertiary/aromatic N) is 3. The second-order valence-electron chi connectivity index (χ2n) is 9.20. The van der Waals surface area contributed by atoms with Crippen molar-refractivity contribution in [1.82, 2.24) is 14.0 Å². The van der Waals surface area contributed by atoms with Gasteiger partial charge in [-0.3, -0.25) is 8.97 Å². The molecular formula is C38H25N3. The fourth-order valence-corrected chi connectivity index (χ4v) is 5.22. The normalized spacial score (nSPS) is 19.5. The zero-order chi connectivity index (χ0) is 46.2. The molecule has 3 nitrogen and oxygen atoms in total. The van der Waals surface area contributed by atoms with E-state index in [1.54, 1.807) is 0 Å². The molecule has 0 atom stereocenters. The van der Waals surface area contributed by atoms with Crippen LogP contribution < -0.4 is 0 Å². The first kappa shape index (κ1) is 9.90. The zero-order valence-electron chi connectivity index (χ0n) is 42.8. The minimum Gasteiger partial charge on any atom is -0.278 e. The first-order valence-electron chi connectivity index (χ1n) is 23.3. The molecule has 1 aliphatic carbocycles. The van der Waals surface area contributed by atoms with Crippen LogP contribution >= 0.6 is 0 Å². The predicted octanol–water partition coefficient (Wildman–Crippen LogP) is 9.72. The summed E-state index contributed by atoms with van der Waals surface area (Å²) in [5.74, 6) is -0.428. The molecular weight excluding hydrogens is 498 g/mol. The molecule has 0 saturated carbocycles. The minimum absolute atomic E-state index is 0.0372. The lowest BCUT2D eigenvalue weighted by atomic mass is 9.81. The molecule has 0 unspecified atom stereocenters. The molecule has 2 heterocycles. The van der Waals surface area contributed by atoms with Gasteiger partial charge in [-0.2, -0.15) is 0 Å². The van der Waals surface area contributed by atoms with E-state index in [9.17, 15) is 8.22 Å². The van der Waals surface area contributed by atoms with Crippen LogP contribution in [0, 0.1) is 6.92 Å². The van der Waals surface area contributed by atoms with E-state index >= 15 is 0 Å². The predicted molar refractivity (Wildman–Crippen MR) is 170 cm³/mol. The van der Waals surface area contributed by atoms with Crippen LogP contribution in [0.4, 0.5) is 0 Å². The highest BCUT2D eigenvalue weighted by Crippen LogP contribution is 2.48. The molecule has 1 aliphatic rings. The summed E-state index contributed by atoms with van der Waals surface area (Å²) in [4.78, 5) is 4.56. The van der Waals surface area contributed by atoms with E-state index in [1.165, 1.54) is 6.92 Å². The molecule has 0 radical (unpaired) electrons. The van der Waals surface area contributed by atoms with E-state index in [2.05, 4.69) is 4.98 Å². The van der Waals surface area contributed by atoms with E-state index in [0.29, 0.717) is 0 Å². The second-order valence-corrected chi connectivity index (χ2v) is 9.20. The number of para-hydroxylation sites is 2. The molecule has 0 fully saturated rings. The molecule has 0 amide bonds. The van der Waals surface area contributed by atoms with Crippen LogP contribution in [-0.2, 0) is 0 Å². The molecule has 41 heavy (non-hydrogen) atoms. The van der Waals surface area contributed by atoms with Gasteiger partial charge in [0.2, 0.25) is 5.78 Å². The van der Waals surface area contributed by atoms with Crippen molar-refractivity contribution in [1.29, 1.82) is 0 Å². The third-order valence-corrected chi connectivity index (χ3v) is 6.92. The summed E-state index contributed by atoms with van der Waals surface area (Å²) in [6, 6.07) is -17.7. The summed E-state index contributed by atoms with van der Waals surface area (Å²) in [5, 5.41) is 0. The Morgan fingerprint density at radius 2 is 1.00 bits per heavy atom. The standard InChI is InChI=1S/C38H25N3/c1-24-18-21-35-34(22-24)39-38-40(36-16-8-9-17-37(36)41(35)38)25-19-20-32-30-14-5-4-12-28(30)26-10-2-3-11-27(26)29-13-6-7-15-31(29)33(32)23-25/h2-23H,1H3/i2D,3D,4D,5D,6D,7D,8D,9D,10D,11D,12D,13D,14D,15D,16D,17D,18D,19D,20D,21D,22D,23D. The van der Waals surface area contributed by atoms with Crippen LogP contribution in [0.25, 0.3) is 78.0 Å². The third-order valence-electron chi connectivity index (χ3n) is 6.92. The van der Waals surface area contributed by atoms with Crippen LogP contribution in [0.2, 0.25) is 0 Å². The van der Waals surface area contributed by atoms with Crippen molar-refractivity contribution in [3.63, 3.8) is 0 Å². The Morgan fingerprint density at radius 1 is 0.488 bits per heavy atom. The van der Waals surface area contributed by atoms with Gasteiger partial charge in [-0.25, -0.2) is 4.98 Å². The molecule has 0 aliphatic heterocycles. The van der Waals surface area contributed by atoms with Gasteiger partial charge in [0.15, 0.2) is 0 Å². The largest absolute Gasteiger partial charge is 0.278 e. The third kappa shape index (κ3) is 3.12. The molecule has 3 heteroatoms. The molecule has 6 aromatic carbocycles. The summed E-state index contributed by atoms with van der Waals surface area (Å²) >= 11 is 0. The molecule has 8 aromatic rings. The number of fused-ring (bicyclic) bond motifs is 13. The molecule has 0 N–H and O–H groups in total. The van der Waals surface area contributed by atoms with Crippen LogP contribution in [-0.4, -0.2) is 14.0 Å². The van der Waals surface area contributed by atoms with Crippen molar-refractivity contribution >= 4 is 27.8 Å². The molecule has 192 valence electrons. The van der Waals surface area contributed by atoms with Crippen LogP contribution in [0.1, 0.15) is 35.7 Å². The molecule has 2 aromatic heterocycles.